The summed E-state index contributed by atoms with van der Waals surface area (Å²) in [6.07, 6.45) is -10.0. The van der Waals surface area contributed by atoms with Crippen LogP contribution in [0.3, 0.4) is 0 Å². The third-order valence-electron chi connectivity index (χ3n) is 4.92. The summed E-state index contributed by atoms with van der Waals surface area (Å²) in [6, 6.07) is 0. The Morgan fingerprint density at radius 2 is 1.83 bits per heavy atom. The van der Waals surface area contributed by atoms with Crippen LogP contribution in [-0.4, -0.2) is 94.4 Å². The molecule has 0 aromatic carbocycles. The van der Waals surface area contributed by atoms with Gasteiger partial charge >= 0.3 is 24.1 Å². The van der Waals surface area contributed by atoms with Gasteiger partial charge in [-0.1, -0.05) is 23.4 Å². The van der Waals surface area contributed by atoms with E-state index in [-0.39, 0.29) is 35.7 Å². The third-order valence-corrected chi connectivity index (χ3v) is 6.03. The van der Waals surface area contributed by atoms with Crippen molar-refractivity contribution in [1.82, 2.24) is 4.90 Å². The number of nitrogens with zero attached hydrogens (tertiary/aromatic N) is 4. The average Bonchev–Trinajstić information content (AvgIpc) is 3.27. The first-order valence-corrected chi connectivity index (χ1v) is 11.9. The maximum absolute atomic E-state index is 12.6. The van der Waals surface area contributed by atoms with Crippen molar-refractivity contribution in [2.75, 3.05) is 19.0 Å². The quantitative estimate of drug-likeness (QED) is 0.209. The highest BCUT2D eigenvalue weighted by atomic mass is 35.5. The minimum atomic E-state index is -4.38. The smallest absolute Gasteiger partial charge is 0.389 e. The lowest BCUT2D eigenvalue weighted by molar-refractivity contribution is -0.166. The molecular weight excluding hydrogens is 535 g/mol. The number of alkyl halides is 4. The van der Waals surface area contributed by atoms with Crippen molar-refractivity contribution in [3.8, 4) is 0 Å². The first kappa shape index (κ1) is 28.1. The molecule has 0 aromatic heterocycles. The lowest BCUT2D eigenvalue weighted by Gasteiger charge is -2.32. The van der Waals surface area contributed by atoms with Crippen LogP contribution in [0, 0.1) is 0 Å². The van der Waals surface area contributed by atoms with E-state index in [4.69, 9.17) is 36.3 Å². The minimum Gasteiger partial charge on any atom is -0.463 e. The van der Waals surface area contributed by atoms with E-state index in [0.717, 1.165) is 13.8 Å². The second-order valence-electron chi connectivity index (χ2n) is 7.85. The van der Waals surface area contributed by atoms with Crippen LogP contribution in [-0.2, 0) is 33.3 Å². The number of hydrogen-bond acceptors (Lipinski definition) is 13. The van der Waals surface area contributed by atoms with Gasteiger partial charge in [0.25, 0.3) is 0 Å². The summed E-state index contributed by atoms with van der Waals surface area (Å²) in [5, 5.41) is -2.04. The Bertz CT molecular complexity index is 1010. The number of ether oxygens (including phenoxy) is 4. The second-order valence-corrected chi connectivity index (χ2v) is 9.49. The number of esters is 3. The molecule has 17 heteroatoms. The fourth-order valence-corrected chi connectivity index (χ4v) is 4.73. The Hall–Kier alpha value is -2.43. The van der Waals surface area contributed by atoms with E-state index in [1.807, 2.05) is 0 Å². The van der Waals surface area contributed by atoms with Gasteiger partial charge in [0, 0.05) is 26.5 Å². The molecule has 0 saturated carbocycles. The van der Waals surface area contributed by atoms with Crippen molar-refractivity contribution >= 4 is 58.0 Å². The van der Waals surface area contributed by atoms with Gasteiger partial charge in [0.1, 0.15) is 25.1 Å². The molecule has 1 fully saturated rings. The van der Waals surface area contributed by atoms with Crippen LogP contribution < -0.4 is 5.73 Å². The normalized spacial score (nSPS) is 29.7. The maximum Gasteiger partial charge on any atom is 0.389 e. The van der Waals surface area contributed by atoms with Gasteiger partial charge in [0.05, 0.1) is 6.42 Å². The molecule has 0 aliphatic carbocycles. The molecule has 36 heavy (non-hydrogen) atoms. The number of halogens is 4. The number of carbonyl (C=O) groups excluding carboxylic acids is 3. The molecule has 0 bridgehead atoms. The number of rotatable bonds is 7. The molecule has 3 aliphatic rings. The van der Waals surface area contributed by atoms with E-state index in [2.05, 4.69) is 15.0 Å². The zero-order chi connectivity index (χ0) is 26.8. The van der Waals surface area contributed by atoms with E-state index in [1.54, 1.807) is 0 Å². The SMILES string of the molecule is CC(=O)OC[C@H]1O[C@@H](N2CN=C3C2=NC(SCCC(F)(F)F)=NC3(N)Cl)[C@H](OC(C)=O)[C@@H]1OC(C)=O. The Morgan fingerprint density at radius 1 is 1.19 bits per heavy atom. The van der Waals surface area contributed by atoms with Crippen molar-refractivity contribution < 1.29 is 46.5 Å². The van der Waals surface area contributed by atoms with Gasteiger partial charge in [0.15, 0.2) is 29.4 Å². The van der Waals surface area contributed by atoms with Crippen molar-refractivity contribution in [3.63, 3.8) is 0 Å². The van der Waals surface area contributed by atoms with E-state index in [1.165, 1.54) is 11.8 Å². The fourth-order valence-electron chi connectivity index (χ4n) is 3.58. The van der Waals surface area contributed by atoms with E-state index in [0.29, 0.717) is 11.8 Å². The lowest BCUT2D eigenvalue weighted by atomic mass is 10.1. The Kier molecular flexibility index (Phi) is 8.52. The molecule has 0 radical (unpaired) electrons. The zero-order valence-electron chi connectivity index (χ0n) is 19.3. The van der Waals surface area contributed by atoms with Gasteiger partial charge < -0.3 is 23.8 Å². The van der Waals surface area contributed by atoms with Crippen molar-refractivity contribution in [1.29, 1.82) is 0 Å². The summed E-state index contributed by atoms with van der Waals surface area (Å²) in [4.78, 5) is 48.8. The highest BCUT2D eigenvalue weighted by Crippen LogP contribution is 2.35. The van der Waals surface area contributed by atoms with E-state index < -0.39 is 60.2 Å². The Balaban J connectivity index is 1.90. The van der Waals surface area contributed by atoms with Gasteiger partial charge in [-0.3, -0.25) is 25.1 Å². The molecule has 3 aliphatic heterocycles. The minimum absolute atomic E-state index is 0.0157. The van der Waals surface area contributed by atoms with Gasteiger partial charge in [0.2, 0.25) is 5.12 Å². The van der Waals surface area contributed by atoms with Crippen LogP contribution in [0.4, 0.5) is 13.2 Å². The van der Waals surface area contributed by atoms with Crippen molar-refractivity contribution in [2.45, 2.75) is 63.0 Å². The van der Waals surface area contributed by atoms with Crippen molar-refractivity contribution in [2.24, 2.45) is 20.7 Å². The largest absolute Gasteiger partial charge is 0.463 e. The van der Waals surface area contributed by atoms with Gasteiger partial charge in [-0.2, -0.15) is 13.2 Å². The monoisotopic (exact) mass is 557 g/mol. The molecule has 1 unspecified atom stereocenters. The molecule has 0 amide bonds. The van der Waals surface area contributed by atoms with Crippen LogP contribution in [0.5, 0.6) is 0 Å². The number of nitrogens with two attached hydrogens (primary N) is 1. The van der Waals surface area contributed by atoms with Crippen LogP contribution in [0.15, 0.2) is 15.0 Å². The lowest BCUT2D eigenvalue weighted by Crippen LogP contribution is -2.54. The van der Waals surface area contributed by atoms with Crippen LogP contribution >= 0.6 is 23.4 Å². The second kappa shape index (κ2) is 10.9. The molecular formula is C19H23ClF3N5O7S. The van der Waals surface area contributed by atoms with Crippen LogP contribution in [0.2, 0.25) is 0 Å². The van der Waals surface area contributed by atoms with Gasteiger partial charge in [-0.05, 0) is 0 Å². The molecule has 12 nitrogen and oxygen atoms in total. The molecule has 5 atom stereocenters. The molecule has 1 saturated heterocycles. The zero-order valence-corrected chi connectivity index (χ0v) is 20.9. The van der Waals surface area contributed by atoms with Gasteiger partial charge in [-0.15, -0.1) is 0 Å². The predicted molar refractivity (Wildman–Crippen MR) is 121 cm³/mol. The molecule has 2 N–H and O–H groups in total. The number of carbonyl (C=O) groups is 3. The fraction of sp³-hybridized carbons (Fsp3) is 0.684. The number of fused-ring (bicyclic) bond motifs is 1. The average molecular weight is 558 g/mol. The Labute approximate surface area is 212 Å². The molecule has 3 heterocycles. The summed E-state index contributed by atoms with van der Waals surface area (Å²) in [5.41, 5.74) is 6.06. The first-order valence-electron chi connectivity index (χ1n) is 10.5. The number of thioether (sulfide) groups is 1. The third kappa shape index (κ3) is 6.86. The van der Waals surface area contributed by atoms with E-state index >= 15 is 0 Å². The summed E-state index contributed by atoms with van der Waals surface area (Å²) >= 11 is 7.00. The number of aliphatic imine (C=N–C) groups is 3. The van der Waals surface area contributed by atoms with Crippen LogP contribution in [0.1, 0.15) is 27.2 Å². The molecule has 3 rings (SSSR count). The maximum atomic E-state index is 12.6. The van der Waals surface area contributed by atoms with Crippen molar-refractivity contribution in [3.05, 3.63) is 0 Å². The summed E-state index contributed by atoms with van der Waals surface area (Å²) in [7, 11) is 0. The summed E-state index contributed by atoms with van der Waals surface area (Å²) in [6.45, 7) is 2.97. The first-order chi connectivity index (χ1) is 16.7. The number of amidine groups is 2. The van der Waals surface area contributed by atoms with Crippen LogP contribution in [0.25, 0.3) is 0 Å². The topological polar surface area (TPSA) is 154 Å². The highest BCUT2D eigenvalue weighted by molar-refractivity contribution is 8.13. The molecule has 0 aromatic rings. The Morgan fingerprint density at radius 3 is 2.42 bits per heavy atom. The van der Waals surface area contributed by atoms with Gasteiger partial charge in [-0.25, -0.2) is 9.98 Å². The van der Waals surface area contributed by atoms with E-state index in [9.17, 15) is 27.6 Å². The molecule has 200 valence electrons. The standard InChI is InChI=1S/C19H23ClF3N5O7S/c1-8(29)32-6-11-12(33-9(2)30)13(34-10(3)31)16(35-11)28-7-25-14-15(28)26-17(27-19(14,20)24)36-5-4-18(21,22)23/h11-13,16H,4-7,24H2,1-3H3/t11-,12-,13-,16-,19?/m1/s1. The molecule has 0 spiro atoms. The number of hydrogen-bond donors (Lipinski definition) is 1. The predicted octanol–water partition coefficient (Wildman–Crippen LogP) is 1.16. The highest BCUT2D eigenvalue weighted by Gasteiger charge is 2.55. The summed E-state index contributed by atoms with van der Waals surface area (Å²) in [5.74, 6) is -2.40. The summed E-state index contributed by atoms with van der Waals surface area (Å²) < 4.78 is 59.4.